The number of ether oxygens (including phenoxy) is 2. The van der Waals surface area contributed by atoms with Crippen LogP contribution in [0.5, 0.6) is 0 Å². The number of amides is 3. The van der Waals surface area contributed by atoms with E-state index in [1.54, 1.807) is 28.4 Å². The Labute approximate surface area is 316 Å². The molecule has 0 saturated carbocycles. The van der Waals surface area contributed by atoms with Gasteiger partial charge in [0.15, 0.2) is 5.76 Å². The van der Waals surface area contributed by atoms with Crippen molar-refractivity contribution in [1.82, 2.24) is 40.0 Å². The molecule has 3 aromatic carbocycles. The number of nitrogens with zero attached hydrogens (tertiary/aromatic N) is 5. The van der Waals surface area contributed by atoms with Crippen LogP contribution in [0.4, 0.5) is 9.59 Å². The molecule has 8 rings (SSSR count). The molecule has 2 saturated heterocycles. The number of carbonyl (C=O) groups is 3. The molecule has 0 spiro atoms. The number of benzene rings is 3. The molecule has 3 atom stereocenters. The SMILES string of the molecule is COC(=O)N[C@@H](C(=O)N1CCC[C@@H]1c1ncc(-c2ccc(-c3cnc(-c4cnc([C@H]5CCCN5C(=O)OCc5ccccc5)[nH]4)o3)cc2)[nH]1)c1ccccc1. The molecular weight excluding hydrogens is 701 g/mol. The molecule has 3 aromatic heterocycles. The van der Waals surface area contributed by atoms with E-state index in [0.29, 0.717) is 47.6 Å². The number of rotatable bonds is 10. The van der Waals surface area contributed by atoms with Crippen molar-refractivity contribution in [3.63, 3.8) is 0 Å². The topological polar surface area (TPSA) is 172 Å². The molecule has 14 heteroatoms. The Bertz CT molecular complexity index is 2250. The standard InChI is InChI=1S/C41H40N8O6/c1-53-40(51)47-35(29-12-6-3-7-13-29)39(50)48-20-8-14-32(48)36-42-22-30(45-36)27-16-18-28(19-17-27)34-24-44-38(55-34)31-23-43-37(46-31)33-15-9-21-49(33)41(52)54-25-26-10-4-2-5-11-26/h2-7,10-13,16-19,22-24,32-33,35H,8-9,14-15,20-21,25H2,1H3,(H,42,45)(H,43,46)(H,47,51)/t32-,33-,35-/m1/s1. The van der Waals surface area contributed by atoms with Gasteiger partial charge in [0.2, 0.25) is 5.89 Å². The molecular formula is C41H40N8O6. The molecule has 0 unspecified atom stereocenters. The number of oxazole rings is 1. The Hall–Kier alpha value is -6.70. The fourth-order valence-electron chi connectivity index (χ4n) is 7.28. The number of alkyl carbamates (subject to hydrolysis) is 1. The number of imidazole rings is 2. The van der Waals surface area contributed by atoms with E-state index in [4.69, 9.17) is 13.9 Å². The summed E-state index contributed by atoms with van der Waals surface area (Å²) in [6.45, 7) is 1.35. The number of hydrogen-bond donors (Lipinski definition) is 3. The number of aromatic nitrogens is 5. The largest absolute Gasteiger partial charge is 0.453 e. The van der Waals surface area contributed by atoms with Gasteiger partial charge in [0.25, 0.3) is 5.91 Å². The highest BCUT2D eigenvalue weighted by atomic mass is 16.6. The van der Waals surface area contributed by atoms with Crippen molar-refractivity contribution in [2.45, 2.75) is 50.4 Å². The summed E-state index contributed by atoms with van der Waals surface area (Å²) in [6.07, 6.45) is 7.24. The number of methoxy groups -OCH3 is 1. The van der Waals surface area contributed by atoms with Crippen LogP contribution in [0.1, 0.15) is 66.6 Å². The minimum atomic E-state index is -0.887. The summed E-state index contributed by atoms with van der Waals surface area (Å²) in [6, 6.07) is 25.2. The van der Waals surface area contributed by atoms with Crippen LogP contribution >= 0.6 is 0 Å². The van der Waals surface area contributed by atoms with E-state index < -0.39 is 12.1 Å². The van der Waals surface area contributed by atoms with E-state index in [2.05, 4.69) is 30.2 Å². The Morgan fingerprint density at radius 1 is 0.782 bits per heavy atom. The zero-order valence-electron chi connectivity index (χ0n) is 30.2. The lowest BCUT2D eigenvalue weighted by atomic mass is 10.1. The average molecular weight is 741 g/mol. The highest BCUT2D eigenvalue weighted by molar-refractivity contribution is 5.87. The first-order valence-corrected chi connectivity index (χ1v) is 18.3. The molecule has 5 heterocycles. The van der Waals surface area contributed by atoms with Crippen LogP contribution in [0, 0.1) is 0 Å². The van der Waals surface area contributed by atoms with E-state index in [0.717, 1.165) is 48.1 Å². The first-order valence-electron chi connectivity index (χ1n) is 18.3. The third kappa shape index (κ3) is 7.56. The maximum Gasteiger partial charge on any atom is 0.410 e. The summed E-state index contributed by atoms with van der Waals surface area (Å²) < 4.78 is 16.6. The Morgan fingerprint density at radius 2 is 1.40 bits per heavy atom. The van der Waals surface area contributed by atoms with Gasteiger partial charge in [0.1, 0.15) is 30.0 Å². The number of aromatic amines is 2. The molecule has 3 amide bonds. The summed E-state index contributed by atoms with van der Waals surface area (Å²) >= 11 is 0. The fourth-order valence-corrected chi connectivity index (χ4v) is 7.28. The van der Waals surface area contributed by atoms with Crippen molar-refractivity contribution in [2.24, 2.45) is 0 Å². The zero-order valence-corrected chi connectivity index (χ0v) is 30.2. The second-order valence-corrected chi connectivity index (χ2v) is 13.5. The van der Waals surface area contributed by atoms with Gasteiger partial charge in [-0.3, -0.25) is 9.69 Å². The molecule has 6 aromatic rings. The first kappa shape index (κ1) is 35.3. The van der Waals surface area contributed by atoms with Gasteiger partial charge in [0, 0.05) is 18.7 Å². The van der Waals surface area contributed by atoms with Crippen LogP contribution in [0.25, 0.3) is 34.2 Å². The molecule has 2 fully saturated rings. The maximum atomic E-state index is 13.9. The van der Waals surface area contributed by atoms with Crippen LogP contribution in [-0.4, -0.2) is 73.0 Å². The van der Waals surface area contributed by atoms with Crippen molar-refractivity contribution in [3.05, 3.63) is 126 Å². The molecule has 14 nitrogen and oxygen atoms in total. The van der Waals surface area contributed by atoms with Gasteiger partial charge in [-0.15, -0.1) is 0 Å². The van der Waals surface area contributed by atoms with E-state index >= 15 is 0 Å². The van der Waals surface area contributed by atoms with E-state index in [-0.39, 0.29) is 30.7 Å². The summed E-state index contributed by atoms with van der Waals surface area (Å²) in [5.41, 5.74) is 4.77. The molecule has 2 aliphatic heterocycles. The Balaban J connectivity index is 0.919. The van der Waals surface area contributed by atoms with Gasteiger partial charge >= 0.3 is 12.2 Å². The predicted molar refractivity (Wildman–Crippen MR) is 201 cm³/mol. The first-order chi connectivity index (χ1) is 26.9. The quantitative estimate of drug-likeness (QED) is 0.130. The van der Waals surface area contributed by atoms with Crippen LogP contribution in [0.3, 0.4) is 0 Å². The number of likely N-dealkylation sites (tertiary alicyclic amines) is 2. The molecule has 2 aliphatic rings. The smallest absolute Gasteiger partial charge is 0.410 e. The van der Waals surface area contributed by atoms with Crippen LogP contribution < -0.4 is 5.32 Å². The summed E-state index contributed by atoms with van der Waals surface area (Å²) in [5.74, 6) is 2.09. The molecule has 280 valence electrons. The highest BCUT2D eigenvalue weighted by Crippen LogP contribution is 2.36. The van der Waals surface area contributed by atoms with Crippen molar-refractivity contribution in [1.29, 1.82) is 0 Å². The van der Waals surface area contributed by atoms with E-state index in [9.17, 15) is 14.4 Å². The molecule has 0 bridgehead atoms. The van der Waals surface area contributed by atoms with Crippen LogP contribution in [0.2, 0.25) is 0 Å². The normalized spacial score (nSPS) is 17.3. The third-order valence-electron chi connectivity index (χ3n) is 10.1. The average Bonchev–Trinajstić information content (AvgIpc) is 4.08. The van der Waals surface area contributed by atoms with Gasteiger partial charge in [-0.2, -0.15) is 0 Å². The van der Waals surface area contributed by atoms with E-state index in [1.807, 2.05) is 84.9 Å². The van der Waals surface area contributed by atoms with Gasteiger partial charge in [-0.25, -0.2) is 24.5 Å². The third-order valence-corrected chi connectivity index (χ3v) is 10.1. The number of carbonyl (C=O) groups excluding carboxylic acids is 3. The lowest BCUT2D eigenvalue weighted by Crippen LogP contribution is -2.42. The summed E-state index contributed by atoms with van der Waals surface area (Å²) in [4.78, 5) is 63.0. The predicted octanol–water partition coefficient (Wildman–Crippen LogP) is 7.36. The highest BCUT2D eigenvalue weighted by Gasteiger charge is 2.37. The second kappa shape index (κ2) is 15.7. The van der Waals surface area contributed by atoms with Crippen molar-refractivity contribution in [3.8, 4) is 34.2 Å². The lowest BCUT2D eigenvalue weighted by molar-refractivity contribution is -0.134. The Morgan fingerprint density at radius 3 is 2.11 bits per heavy atom. The van der Waals surface area contributed by atoms with E-state index in [1.165, 1.54) is 7.11 Å². The van der Waals surface area contributed by atoms with Gasteiger partial charge in [0.05, 0.1) is 43.5 Å². The van der Waals surface area contributed by atoms with Gasteiger partial charge in [-0.05, 0) is 42.4 Å². The molecule has 3 N–H and O–H groups in total. The number of hydrogen-bond acceptors (Lipinski definition) is 9. The minimum Gasteiger partial charge on any atom is -0.453 e. The summed E-state index contributed by atoms with van der Waals surface area (Å²) in [5, 5.41) is 2.70. The molecule has 0 radical (unpaired) electrons. The van der Waals surface area contributed by atoms with Crippen molar-refractivity contribution < 1.29 is 28.3 Å². The van der Waals surface area contributed by atoms with Crippen molar-refractivity contribution >= 4 is 18.1 Å². The van der Waals surface area contributed by atoms with Gasteiger partial charge in [-0.1, -0.05) is 84.9 Å². The van der Waals surface area contributed by atoms with Crippen molar-refractivity contribution in [2.75, 3.05) is 20.2 Å². The monoisotopic (exact) mass is 740 g/mol. The molecule has 0 aliphatic carbocycles. The zero-order chi connectivity index (χ0) is 37.7. The number of nitrogens with one attached hydrogen (secondary N) is 3. The Kier molecular flexibility index (Phi) is 10.1. The summed E-state index contributed by atoms with van der Waals surface area (Å²) in [7, 11) is 1.28. The number of H-pyrrole nitrogens is 2. The maximum absolute atomic E-state index is 13.9. The minimum absolute atomic E-state index is 0.214. The second-order valence-electron chi connectivity index (χ2n) is 13.5. The molecule has 55 heavy (non-hydrogen) atoms. The van der Waals surface area contributed by atoms with Crippen LogP contribution in [0.15, 0.2) is 108 Å². The fraction of sp³-hybridized carbons (Fsp3) is 0.268. The van der Waals surface area contributed by atoms with Gasteiger partial charge < -0.3 is 34.1 Å². The van der Waals surface area contributed by atoms with Crippen LogP contribution in [-0.2, 0) is 20.9 Å². The lowest BCUT2D eigenvalue weighted by Gasteiger charge is -2.28.